The zero-order valence-corrected chi connectivity index (χ0v) is 18.2. The van der Waals surface area contributed by atoms with Crippen LogP contribution in [0.5, 0.6) is 11.5 Å². The molecule has 1 heterocycles. The molecule has 1 fully saturated rings. The van der Waals surface area contributed by atoms with Crippen molar-refractivity contribution >= 4 is 33.2 Å². The monoisotopic (exact) mass is 461 g/mol. The number of aliphatic hydroxyl groups excluding tert-OH is 1. The van der Waals surface area contributed by atoms with Crippen LogP contribution in [0.15, 0.2) is 41.3 Å². The first kappa shape index (κ1) is 22.1. The Hall–Kier alpha value is -1.55. The van der Waals surface area contributed by atoms with Crippen LogP contribution in [-0.4, -0.2) is 51.3 Å². The highest BCUT2D eigenvalue weighted by Gasteiger charge is 2.42. The van der Waals surface area contributed by atoms with Crippen LogP contribution in [0.1, 0.15) is 18.2 Å². The Labute approximate surface area is 179 Å². The van der Waals surface area contributed by atoms with E-state index in [2.05, 4.69) is 0 Å². The fourth-order valence-corrected chi connectivity index (χ4v) is 5.00. The number of hydrogen-bond acceptors (Lipinski definition) is 6. The number of sulfonamides is 1. The van der Waals surface area contributed by atoms with Gasteiger partial charge in [0.1, 0.15) is 0 Å². The van der Waals surface area contributed by atoms with Crippen LogP contribution in [-0.2, 0) is 14.8 Å². The first-order chi connectivity index (χ1) is 13.8. The molecule has 0 spiro atoms. The molecule has 1 unspecified atom stereocenters. The standard InChI is InChI=1S/C19H21Cl2NO6S/c1-26-17-6-4-14(10-18(17)27-2)29(24,25)22-11-13(7-8-23)28-19(22)12-3-5-15(20)16(21)9-12/h3-6,9-10,13,19,23H,7-8,11H2,1-2H3/t13-,19?/m1/s1. The molecule has 1 saturated heterocycles. The van der Waals surface area contributed by atoms with Crippen molar-refractivity contribution in [2.24, 2.45) is 0 Å². The third-order valence-corrected chi connectivity index (χ3v) is 7.15. The zero-order valence-electron chi connectivity index (χ0n) is 15.8. The van der Waals surface area contributed by atoms with Gasteiger partial charge in [-0.25, -0.2) is 8.42 Å². The molecule has 0 aliphatic carbocycles. The van der Waals surface area contributed by atoms with Crippen molar-refractivity contribution in [3.63, 3.8) is 0 Å². The van der Waals surface area contributed by atoms with E-state index in [4.69, 9.17) is 37.4 Å². The first-order valence-electron chi connectivity index (χ1n) is 8.77. The van der Waals surface area contributed by atoms with Crippen LogP contribution in [0, 0.1) is 0 Å². The van der Waals surface area contributed by atoms with Gasteiger partial charge in [0.25, 0.3) is 0 Å². The van der Waals surface area contributed by atoms with Crippen molar-refractivity contribution in [1.82, 2.24) is 4.31 Å². The third kappa shape index (κ3) is 4.47. The predicted molar refractivity (Wildman–Crippen MR) is 109 cm³/mol. The van der Waals surface area contributed by atoms with E-state index in [1.165, 1.54) is 36.7 Å². The van der Waals surface area contributed by atoms with Gasteiger partial charge in [0, 0.05) is 19.2 Å². The molecule has 0 bridgehead atoms. The Balaban J connectivity index is 2.03. The van der Waals surface area contributed by atoms with Gasteiger partial charge in [-0.05, 0) is 36.2 Å². The quantitative estimate of drug-likeness (QED) is 0.678. The Morgan fingerprint density at radius 3 is 2.45 bits per heavy atom. The maximum atomic E-state index is 13.4. The van der Waals surface area contributed by atoms with E-state index in [1.807, 2.05) is 0 Å². The lowest BCUT2D eigenvalue weighted by Crippen LogP contribution is -2.32. The minimum atomic E-state index is -3.95. The summed E-state index contributed by atoms with van der Waals surface area (Å²) >= 11 is 12.1. The maximum absolute atomic E-state index is 13.4. The fraction of sp³-hybridized carbons (Fsp3) is 0.368. The number of halogens is 2. The lowest BCUT2D eigenvalue weighted by molar-refractivity contribution is 0.0111. The molecular weight excluding hydrogens is 441 g/mol. The van der Waals surface area contributed by atoms with Gasteiger partial charge in [0.15, 0.2) is 17.7 Å². The smallest absolute Gasteiger partial charge is 0.245 e. The molecule has 7 nitrogen and oxygen atoms in total. The molecule has 1 aliphatic heterocycles. The molecule has 2 atom stereocenters. The number of aliphatic hydroxyl groups is 1. The van der Waals surface area contributed by atoms with Crippen molar-refractivity contribution in [2.45, 2.75) is 23.6 Å². The van der Waals surface area contributed by atoms with Crippen LogP contribution in [0.2, 0.25) is 10.0 Å². The summed E-state index contributed by atoms with van der Waals surface area (Å²) in [5.41, 5.74) is 0.545. The summed E-state index contributed by atoms with van der Waals surface area (Å²) < 4.78 is 44.4. The summed E-state index contributed by atoms with van der Waals surface area (Å²) in [7, 11) is -1.05. The fourth-order valence-electron chi connectivity index (χ4n) is 3.14. The van der Waals surface area contributed by atoms with Gasteiger partial charge in [0.2, 0.25) is 10.0 Å². The lowest BCUT2D eigenvalue weighted by atomic mass is 10.2. The van der Waals surface area contributed by atoms with Crippen molar-refractivity contribution < 1.29 is 27.7 Å². The number of rotatable bonds is 7. The number of ether oxygens (including phenoxy) is 3. The number of benzene rings is 2. The van der Waals surface area contributed by atoms with Gasteiger partial charge in [-0.3, -0.25) is 0 Å². The molecule has 158 valence electrons. The van der Waals surface area contributed by atoms with Crippen LogP contribution >= 0.6 is 23.2 Å². The molecular formula is C19H21Cl2NO6S. The molecule has 1 N–H and O–H groups in total. The van der Waals surface area contributed by atoms with Crippen LogP contribution in [0.3, 0.4) is 0 Å². The summed E-state index contributed by atoms with van der Waals surface area (Å²) in [4.78, 5) is 0.0356. The van der Waals surface area contributed by atoms with Crippen LogP contribution in [0.25, 0.3) is 0 Å². The molecule has 1 aliphatic rings. The topological polar surface area (TPSA) is 85.3 Å². The minimum absolute atomic E-state index is 0.0356. The van der Waals surface area contributed by atoms with Crippen LogP contribution in [0.4, 0.5) is 0 Å². The summed E-state index contributed by atoms with van der Waals surface area (Å²) in [5.74, 6) is 0.718. The Morgan fingerprint density at radius 1 is 1.10 bits per heavy atom. The Kier molecular flexibility index (Phi) is 6.93. The zero-order chi connectivity index (χ0) is 21.2. The third-order valence-electron chi connectivity index (χ3n) is 4.61. The van der Waals surface area contributed by atoms with Crippen molar-refractivity contribution in [3.8, 4) is 11.5 Å². The molecule has 0 saturated carbocycles. The average Bonchev–Trinajstić information content (AvgIpc) is 3.14. The van der Waals surface area contributed by atoms with Gasteiger partial charge in [0.05, 0.1) is 35.3 Å². The molecule has 29 heavy (non-hydrogen) atoms. The normalized spacial score (nSPS) is 20.0. The van der Waals surface area contributed by atoms with E-state index in [0.29, 0.717) is 33.5 Å². The highest BCUT2D eigenvalue weighted by atomic mass is 35.5. The van der Waals surface area contributed by atoms with Crippen molar-refractivity contribution in [1.29, 1.82) is 0 Å². The highest BCUT2D eigenvalue weighted by Crippen LogP contribution is 2.39. The Morgan fingerprint density at radius 2 is 1.83 bits per heavy atom. The number of methoxy groups -OCH3 is 2. The highest BCUT2D eigenvalue weighted by molar-refractivity contribution is 7.89. The summed E-state index contributed by atoms with van der Waals surface area (Å²) in [6.45, 7) is -0.0366. The first-order valence-corrected chi connectivity index (χ1v) is 11.0. The molecule has 0 amide bonds. The van der Waals surface area contributed by atoms with Gasteiger partial charge in [-0.15, -0.1) is 0 Å². The van der Waals surface area contributed by atoms with E-state index in [9.17, 15) is 13.5 Å². The van der Waals surface area contributed by atoms with Gasteiger partial charge >= 0.3 is 0 Å². The molecule has 2 aromatic rings. The lowest BCUT2D eigenvalue weighted by Gasteiger charge is -2.23. The second kappa shape index (κ2) is 9.07. The van der Waals surface area contributed by atoms with E-state index < -0.39 is 22.4 Å². The molecule has 10 heteroatoms. The second-order valence-electron chi connectivity index (χ2n) is 6.39. The maximum Gasteiger partial charge on any atom is 0.245 e. The van der Waals surface area contributed by atoms with Crippen LogP contribution < -0.4 is 9.47 Å². The van der Waals surface area contributed by atoms with E-state index in [-0.39, 0.29) is 18.0 Å². The summed E-state index contributed by atoms with van der Waals surface area (Å²) in [5, 5.41) is 9.93. The Bertz CT molecular complexity index is 985. The number of hydrogen-bond donors (Lipinski definition) is 1. The van der Waals surface area contributed by atoms with Crippen molar-refractivity contribution in [3.05, 3.63) is 52.0 Å². The van der Waals surface area contributed by atoms with E-state index >= 15 is 0 Å². The summed E-state index contributed by atoms with van der Waals surface area (Å²) in [6, 6.07) is 9.21. The van der Waals surface area contributed by atoms with Gasteiger partial charge in [-0.2, -0.15) is 4.31 Å². The average molecular weight is 462 g/mol. The summed E-state index contributed by atoms with van der Waals surface area (Å²) in [6.07, 6.45) is -1.07. The molecule has 3 rings (SSSR count). The molecule has 0 radical (unpaired) electrons. The van der Waals surface area contributed by atoms with Gasteiger partial charge in [-0.1, -0.05) is 29.3 Å². The van der Waals surface area contributed by atoms with E-state index in [1.54, 1.807) is 18.2 Å². The minimum Gasteiger partial charge on any atom is -0.493 e. The largest absolute Gasteiger partial charge is 0.493 e. The predicted octanol–water partition coefficient (Wildman–Crippen LogP) is 3.48. The van der Waals surface area contributed by atoms with Gasteiger partial charge < -0.3 is 19.3 Å². The van der Waals surface area contributed by atoms with Crippen molar-refractivity contribution in [2.75, 3.05) is 27.4 Å². The molecule has 2 aromatic carbocycles. The number of nitrogens with zero attached hydrogens (tertiary/aromatic N) is 1. The van der Waals surface area contributed by atoms with E-state index in [0.717, 1.165) is 0 Å². The molecule has 0 aromatic heterocycles. The SMILES string of the molecule is COc1ccc(S(=O)(=O)N2C[C@@H](CCO)OC2c2ccc(Cl)c(Cl)c2)cc1OC. The second-order valence-corrected chi connectivity index (χ2v) is 9.09.